The second-order valence-electron chi connectivity index (χ2n) is 5.65. The molecule has 1 N–H and O–H groups in total. The number of aromatic nitrogens is 4. The summed E-state index contributed by atoms with van der Waals surface area (Å²) in [7, 11) is 0. The number of hydrogen-bond donors (Lipinski definition) is 1. The van der Waals surface area contributed by atoms with Crippen LogP contribution in [-0.4, -0.2) is 40.3 Å². The fourth-order valence-electron chi connectivity index (χ4n) is 2.50. The number of nitrogens with zero attached hydrogens (tertiary/aromatic N) is 4. The zero-order valence-corrected chi connectivity index (χ0v) is 13.2. The zero-order valence-electron chi connectivity index (χ0n) is 12.4. The van der Waals surface area contributed by atoms with Crippen LogP contribution in [0.1, 0.15) is 20.3 Å². The number of tetrazole rings is 1. The lowest BCUT2D eigenvalue weighted by Gasteiger charge is -2.33. The third-order valence-electron chi connectivity index (χ3n) is 3.64. The van der Waals surface area contributed by atoms with Crippen LogP contribution in [0.25, 0.3) is 11.4 Å². The van der Waals surface area contributed by atoms with Gasteiger partial charge in [-0.2, -0.15) is 5.21 Å². The van der Waals surface area contributed by atoms with E-state index in [-0.39, 0.29) is 16.4 Å². The van der Waals surface area contributed by atoms with Crippen LogP contribution in [0.3, 0.4) is 0 Å². The van der Waals surface area contributed by atoms with Crippen molar-refractivity contribution in [3.05, 3.63) is 16.9 Å². The quantitative estimate of drug-likeness (QED) is 0.936. The molecule has 0 saturated heterocycles. The Labute approximate surface area is 132 Å². The molecule has 22 heavy (non-hydrogen) atoms. The standard InChI is InChI=1S/C14H17ClFN5O/c1-8(2)3-4-21-5-6-22-10-7-9(15)12(16)11(13(10)21)14-17-19-20-18-14/h7-8H,3-6H2,1-2H3,(H,17,18,19,20). The van der Waals surface area contributed by atoms with Gasteiger partial charge in [0, 0.05) is 12.6 Å². The lowest BCUT2D eigenvalue weighted by atomic mass is 10.1. The highest BCUT2D eigenvalue weighted by atomic mass is 35.5. The maximum absolute atomic E-state index is 14.6. The van der Waals surface area contributed by atoms with Gasteiger partial charge in [0.05, 0.1) is 22.8 Å². The SMILES string of the molecule is CC(C)CCN1CCOc2cc(Cl)c(F)c(-c3nn[nH]n3)c21. The highest BCUT2D eigenvalue weighted by molar-refractivity contribution is 6.31. The maximum Gasteiger partial charge on any atom is 0.209 e. The van der Waals surface area contributed by atoms with E-state index < -0.39 is 5.82 Å². The molecule has 2 heterocycles. The minimum absolute atomic E-state index is 0.00994. The number of hydrogen-bond acceptors (Lipinski definition) is 5. The summed E-state index contributed by atoms with van der Waals surface area (Å²) < 4.78 is 20.2. The molecule has 0 unspecified atom stereocenters. The smallest absolute Gasteiger partial charge is 0.209 e. The Kier molecular flexibility index (Phi) is 4.15. The molecule has 0 bridgehead atoms. The molecule has 0 amide bonds. The van der Waals surface area contributed by atoms with Gasteiger partial charge >= 0.3 is 0 Å². The van der Waals surface area contributed by atoms with Crippen LogP contribution in [0, 0.1) is 11.7 Å². The molecule has 1 aliphatic rings. The van der Waals surface area contributed by atoms with Crippen molar-refractivity contribution in [1.82, 2.24) is 20.6 Å². The van der Waals surface area contributed by atoms with Crippen LogP contribution >= 0.6 is 11.6 Å². The summed E-state index contributed by atoms with van der Waals surface area (Å²) in [6.07, 6.45) is 0.995. The van der Waals surface area contributed by atoms with Crippen LogP contribution in [0.2, 0.25) is 5.02 Å². The van der Waals surface area contributed by atoms with Crippen LogP contribution in [-0.2, 0) is 0 Å². The average molecular weight is 326 g/mol. The van der Waals surface area contributed by atoms with Crippen molar-refractivity contribution >= 4 is 17.3 Å². The summed E-state index contributed by atoms with van der Waals surface area (Å²) >= 11 is 5.98. The minimum atomic E-state index is -0.554. The molecular formula is C14H17ClFN5O. The Morgan fingerprint density at radius 3 is 3.00 bits per heavy atom. The van der Waals surface area contributed by atoms with Gasteiger partial charge < -0.3 is 9.64 Å². The molecule has 2 aromatic rings. The van der Waals surface area contributed by atoms with Gasteiger partial charge in [-0.1, -0.05) is 25.4 Å². The Morgan fingerprint density at radius 1 is 1.50 bits per heavy atom. The van der Waals surface area contributed by atoms with Crippen molar-refractivity contribution in [2.45, 2.75) is 20.3 Å². The van der Waals surface area contributed by atoms with Gasteiger partial charge in [-0.25, -0.2) is 4.39 Å². The predicted octanol–water partition coefficient (Wildman–Crippen LogP) is 2.90. The van der Waals surface area contributed by atoms with E-state index in [0.29, 0.717) is 30.5 Å². The molecule has 0 fully saturated rings. The van der Waals surface area contributed by atoms with Gasteiger partial charge in [-0.05, 0) is 17.6 Å². The van der Waals surface area contributed by atoms with Gasteiger partial charge in [0.1, 0.15) is 12.4 Å². The Bertz CT molecular complexity index is 662. The fraction of sp³-hybridized carbons (Fsp3) is 0.500. The van der Waals surface area contributed by atoms with E-state index >= 15 is 0 Å². The average Bonchev–Trinajstić information content (AvgIpc) is 3.00. The number of rotatable bonds is 4. The van der Waals surface area contributed by atoms with Gasteiger partial charge in [0.15, 0.2) is 5.82 Å². The summed E-state index contributed by atoms with van der Waals surface area (Å²) in [5, 5.41) is 13.6. The molecule has 3 rings (SSSR count). The van der Waals surface area contributed by atoms with Crippen LogP contribution in [0.5, 0.6) is 5.75 Å². The van der Waals surface area contributed by atoms with Crippen LogP contribution < -0.4 is 9.64 Å². The molecule has 1 aromatic carbocycles. The first-order valence-electron chi connectivity index (χ1n) is 7.21. The van der Waals surface area contributed by atoms with Crippen molar-refractivity contribution < 1.29 is 9.13 Å². The van der Waals surface area contributed by atoms with E-state index in [1.165, 1.54) is 6.07 Å². The Morgan fingerprint density at radius 2 is 2.32 bits per heavy atom. The number of H-pyrrole nitrogens is 1. The highest BCUT2D eigenvalue weighted by Crippen LogP contribution is 2.44. The number of fused-ring (bicyclic) bond motifs is 1. The normalized spacial score (nSPS) is 14.1. The summed E-state index contributed by atoms with van der Waals surface area (Å²) in [6.45, 7) is 6.35. The number of anilines is 1. The highest BCUT2D eigenvalue weighted by Gasteiger charge is 2.29. The van der Waals surface area contributed by atoms with E-state index in [1.54, 1.807) is 0 Å². The van der Waals surface area contributed by atoms with Gasteiger partial charge in [-0.3, -0.25) is 0 Å². The van der Waals surface area contributed by atoms with Crippen LogP contribution in [0.4, 0.5) is 10.1 Å². The summed E-state index contributed by atoms with van der Waals surface area (Å²) in [5.41, 5.74) is 0.884. The lowest BCUT2D eigenvalue weighted by Crippen LogP contribution is -2.34. The largest absolute Gasteiger partial charge is 0.489 e. The van der Waals surface area contributed by atoms with E-state index in [9.17, 15) is 4.39 Å². The molecule has 6 nitrogen and oxygen atoms in total. The van der Waals surface area contributed by atoms with E-state index in [2.05, 4.69) is 39.4 Å². The lowest BCUT2D eigenvalue weighted by molar-refractivity contribution is 0.305. The van der Waals surface area contributed by atoms with Gasteiger partial charge in [0.2, 0.25) is 5.82 Å². The molecule has 1 aromatic heterocycles. The first-order chi connectivity index (χ1) is 10.6. The number of nitrogens with one attached hydrogen (secondary N) is 1. The predicted molar refractivity (Wildman–Crippen MR) is 81.7 cm³/mol. The first-order valence-corrected chi connectivity index (χ1v) is 7.59. The molecule has 1 aliphatic heterocycles. The monoisotopic (exact) mass is 325 g/mol. The zero-order chi connectivity index (χ0) is 15.7. The molecule has 0 saturated carbocycles. The van der Waals surface area contributed by atoms with Crippen molar-refractivity contribution in [3.63, 3.8) is 0 Å². The van der Waals surface area contributed by atoms with Crippen molar-refractivity contribution in [2.75, 3.05) is 24.6 Å². The van der Waals surface area contributed by atoms with Crippen molar-refractivity contribution in [2.24, 2.45) is 5.92 Å². The van der Waals surface area contributed by atoms with E-state index in [1.807, 2.05) is 0 Å². The Hall–Kier alpha value is -1.89. The summed E-state index contributed by atoms with van der Waals surface area (Å²) in [6, 6.07) is 1.51. The number of aromatic amines is 1. The second kappa shape index (κ2) is 6.08. The fourth-order valence-corrected chi connectivity index (χ4v) is 2.70. The molecule has 8 heteroatoms. The van der Waals surface area contributed by atoms with Crippen molar-refractivity contribution in [1.29, 1.82) is 0 Å². The summed E-state index contributed by atoms with van der Waals surface area (Å²) in [4.78, 5) is 2.10. The van der Waals surface area contributed by atoms with Crippen molar-refractivity contribution in [3.8, 4) is 17.1 Å². The molecule has 0 radical (unpaired) electrons. The van der Waals surface area contributed by atoms with Gasteiger partial charge in [-0.15, -0.1) is 10.2 Å². The van der Waals surface area contributed by atoms with E-state index in [4.69, 9.17) is 16.3 Å². The molecule has 0 aliphatic carbocycles. The summed E-state index contributed by atoms with van der Waals surface area (Å²) in [5.74, 6) is 0.733. The van der Waals surface area contributed by atoms with Crippen LogP contribution in [0.15, 0.2) is 6.07 Å². The number of benzene rings is 1. The number of halogens is 2. The first kappa shape index (κ1) is 15.0. The third kappa shape index (κ3) is 2.72. The molecule has 0 spiro atoms. The number of ether oxygens (including phenoxy) is 1. The van der Waals surface area contributed by atoms with E-state index in [0.717, 1.165) is 13.0 Å². The molecule has 0 atom stereocenters. The Balaban J connectivity index is 2.10. The topological polar surface area (TPSA) is 66.9 Å². The third-order valence-corrected chi connectivity index (χ3v) is 3.91. The molecule has 118 valence electrons. The van der Waals surface area contributed by atoms with Gasteiger partial charge in [0.25, 0.3) is 0 Å². The molecular weight excluding hydrogens is 309 g/mol. The minimum Gasteiger partial charge on any atom is -0.489 e. The maximum atomic E-state index is 14.6. The second-order valence-corrected chi connectivity index (χ2v) is 6.05.